The van der Waals surface area contributed by atoms with Crippen LogP contribution in [0.2, 0.25) is 0 Å². The van der Waals surface area contributed by atoms with Gasteiger partial charge >= 0.3 is 0 Å². The number of amides is 1. The molecule has 0 radical (unpaired) electrons. The molecule has 3 aromatic rings. The van der Waals surface area contributed by atoms with Gasteiger partial charge in [0.2, 0.25) is 0 Å². The summed E-state index contributed by atoms with van der Waals surface area (Å²) in [4.78, 5) is 21.4. The maximum atomic E-state index is 14.9. The minimum absolute atomic E-state index is 0.00141. The minimum Gasteiger partial charge on any atom is -0.389 e. The highest BCUT2D eigenvalue weighted by molar-refractivity contribution is 7.19. The lowest BCUT2D eigenvalue weighted by Crippen LogP contribution is -2.42. The van der Waals surface area contributed by atoms with E-state index in [0.717, 1.165) is 48.3 Å². The van der Waals surface area contributed by atoms with Crippen molar-refractivity contribution in [3.05, 3.63) is 59.0 Å². The predicted molar refractivity (Wildman–Crippen MR) is 131 cm³/mol. The van der Waals surface area contributed by atoms with Gasteiger partial charge in [-0.1, -0.05) is 18.3 Å². The molecule has 5 rings (SSSR count). The third kappa shape index (κ3) is 4.58. The molecule has 2 aliphatic rings. The first kappa shape index (κ1) is 24.7. The number of halogens is 3. The molecule has 1 amide bonds. The molecule has 0 unspecified atom stereocenters. The Morgan fingerprint density at radius 3 is 2.58 bits per heavy atom. The van der Waals surface area contributed by atoms with Crippen molar-refractivity contribution < 1.29 is 22.7 Å². The number of carbonyl (C=O) groups excluding carboxylic acids is 1. The van der Waals surface area contributed by atoms with Crippen LogP contribution in [0.5, 0.6) is 0 Å². The van der Waals surface area contributed by atoms with E-state index in [1.807, 2.05) is 6.07 Å². The van der Waals surface area contributed by atoms with Crippen molar-refractivity contribution in [3.8, 4) is 10.6 Å². The highest BCUT2D eigenvalue weighted by Gasteiger charge is 2.42. The number of hydrogen-bond acceptors (Lipinski definition) is 7. The van der Waals surface area contributed by atoms with E-state index in [-0.39, 0.29) is 46.4 Å². The summed E-state index contributed by atoms with van der Waals surface area (Å²) in [5.74, 6) is -2.00. The lowest BCUT2D eigenvalue weighted by molar-refractivity contribution is -0.135. The van der Waals surface area contributed by atoms with Crippen molar-refractivity contribution in [2.24, 2.45) is 11.7 Å². The Bertz CT molecular complexity index is 1280. The first-order chi connectivity index (χ1) is 17.1. The second-order valence-electron chi connectivity index (χ2n) is 9.69. The average molecular weight is 518 g/mol. The molecule has 1 saturated carbocycles. The number of nitrogens with one attached hydrogen (secondary N) is 1. The van der Waals surface area contributed by atoms with E-state index < -0.39 is 28.8 Å². The molecule has 36 heavy (non-hydrogen) atoms. The number of carbonyl (C=O) groups is 1. The molecule has 0 bridgehead atoms. The molecule has 1 aliphatic carbocycles. The molecule has 2 aromatic heterocycles. The van der Waals surface area contributed by atoms with Gasteiger partial charge in [-0.15, -0.1) is 0 Å². The zero-order valence-corrected chi connectivity index (χ0v) is 20.4. The summed E-state index contributed by atoms with van der Waals surface area (Å²) in [6.07, 6.45) is 5.90. The van der Waals surface area contributed by atoms with Crippen LogP contribution in [0.4, 0.5) is 23.9 Å². The molecule has 3 heterocycles. The molecule has 7 nitrogen and oxygen atoms in total. The largest absolute Gasteiger partial charge is 0.389 e. The number of ether oxygens (including phenoxy) is 1. The smallest absolute Gasteiger partial charge is 0.277 e. The fourth-order valence-electron chi connectivity index (χ4n) is 5.04. The molecule has 2 fully saturated rings. The van der Waals surface area contributed by atoms with Gasteiger partial charge in [0.15, 0.2) is 11.4 Å². The number of anilines is 2. The highest BCUT2D eigenvalue weighted by Crippen LogP contribution is 2.40. The van der Waals surface area contributed by atoms with Crippen LogP contribution in [0.3, 0.4) is 0 Å². The van der Waals surface area contributed by atoms with E-state index in [9.17, 15) is 18.0 Å². The maximum absolute atomic E-state index is 14.9. The first-order valence-electron chi connectivity index (χ1n) is 11.7. The van der Waals surface area contributed by atoms with E-state index in [1.54, 1.807) is 12.4 Å². The van der Waals surface area contributed by atoms with E-state index in [4.69, 9.17) is 16.2 Å². The van der Waals surface area contributed by atoms with Crippen LogP contribution < -0.4 is 16.8 Å². The molecule has 0 spiro atoms. The van der Waals surface area contributed by atoms with Crippen LogP contribution in [0.15, 0.2) is 30.6 Å². The summed E-state index contributed by atoms with van der Waals surface area (Å²) < 4.78 is 49.1. The van der Waals surface area contributed by atoms with E-state index in [2.05, 4.69) is 22.2 Å². The molecule has 11 heteroatoms. The van der Waals surface area contributed by atoms with E-state index >= 15 is 0 Å². The van der Waals surface area contributed by atoms with Crippen molar-refractivity contribution in [2.75, 3.05) is 24.3 Å². The van der Waals surface area contributed by atoms with Gasteiger partial charge in [0.1, 0.15) is 21.6 Å². The number of nitrogen functional groups attached to an aromatic ring is 1. The van der Waals surface area contributed by atoms with Crippen LogP contribution in [0.1, 0.15) is 53.7 Å². The second-order valence-corrected chi connectivity index (χ2v) is 10.7. The monoisotopic (exact) mass is 517 g/mol. The molecular weight excluding hydrogens is 491 g/mol. The molecule has 5 N–H and O–H groups in total. The van der Waals surface area contributed by atoms with E-state index in [1.165, 1.54) is 0 Å². The van der Waals surface area contributed by atoms with Gasteiger partial charge in [0.25, 0.3) is 5.91 Å². The van der Waals surface area contributed by atoms with Gasteiger partial charge in [0, 0.05) is 12.2 Å². The Kier molecular flexibility index (Phi) is 6.48. The third-order valence-corrected chi connectivity index (χ3v) is 7.73. The molecular formula is C25H26F3N5O2S. The molecule has 1 saturated heterocycles. The topological polar surface area (TPSA) is 116 Å². The molecule has 1 aromatic carbocycles. The van der Waals surface area contributed by atoms with Gasteiger partial charge in [-0.3, -0.25) is 9.78 Å². The zero-order chi connectivity index (χ0) is 25.6. The number of hydrogen-bond donors (Lipinski definition) is 3. The fraction of sp³-hybridized carbons (Fsp3) is 0.400. The number of nitrogens with two attached hydrogens (primary N) is 2. The van der Waals surface area contributed by atoms with Crippen molar-refractivity contribution in [2.45, 2.75) is 43.8 Å². The Labute approximate surface area is 210 Å². The standard InChI is InChI=1S/C25H26F3N5O2S/c1-12-4-13(6-15(29)5-12)16-2-3-31-9-19(16)32-23(34)21-22(30)36-24(33-21)20-17(26)7-14(8-18(20)27)25(28)10-35-11-25/h2-3,7-9,12-13,15H,4-6,10-11,29-30H2,1H3,(H,32,34)/t12-,13+,15-/m0/s1. The van der Waals surface area contributed by atoms with Crippen LogP contribution in [0, 0.1) is 17.6 Å². The minimum atomic E-state index is -1.92. The Morgan fingerprint density at radius 1 is 1.22 bits per heavy atom. The molecule has 3 atom stereocenters. The highest BCUT2D eigenvalue weighted by atomic mass is 32.1. The summed E-state index contributed by atoms with van der Waals surface area (Å²) in [5.41, 5.74) is 11.0. The molecule has 1 aliphatic heterocycles. The third-order valence-electron chi connectivity index (χ3n) is 6.83. The number of rotatable bonds is 5. The van der Waals surface area contributed by atoms with Crippen LogP contribution >= 0.6 is 11.3 Å². The van der Waals surface area contributed by atoms with Crippen molar-refractivity contribution in [3.63, 3.8) is 0 Å². The van der Waals surface area contributed by atoms with Crippen LogP contribution in [-0.2, 0) is 10.4 Å². The fourth-order valence-corrected chi connectivity index (χ4v) is 5.92. The quantitative estimate of drug-likeness (QED) is 0.450. The predicted octanol–water partition coefficient (Wildman–Crippen LogP) is 4.74. The summed E-state index contributed by atoms with van der Waals surface area (Å²) in [6, 6.07) is 3.79. The number of nitrogens with zero attached hydrogens (tertiary/aromatic N) is 2. The number of pyridine rings is 1. The summed E-state index contributed by atoms with van der Waals surface area (Å²) in [5, 5.41) is 2.69. The Morgan fingerprint density at radius 2 is 1.94 bits per heavy atom. The number of aromatic nitrogens is 2. The van der Waals surface area contributed by atoms with Gasteiger partial charge in [0.05, 0.1) is 30.7 Å². The number of benzene rings is 1. The average Bonchev–Trinajstić information content (AvgIpc) is 3.17. The second kappa shape index (κ2) is 9.45. The Hall–Kier alpha value is -3.02. The van der Waals surface area contributed by atoms with Crippen molar-refractivity contribution in [1.29, 1.82) is 0 Å². The van der Waals surface area contributed by atoms with Crippen molar-refractivity contribution >= 4 is 27.9 Å². The van der Waals surface area contributed by atoms with Gasteiger partial charge < -0.3 is 21.5 Å². The lowest BCUT2D eigenvalue weighted by Gasteiger charge is -2.34. The van der Waals surface area contributed by atoms with Crippen molar-refractivity contribution in [1.82, 2.24) is 9.97 Å². The van der Waals surface area contributed by atoms with Gasteiger partial charge in [-0.2, -0.15) is 0 Å². The van der Waals surface area contributed by atoms with Gasteiger partial charge in [-0.05, 0) is 60.4 Å². The van der Waals surface area contributed by atoms with E-state index in [0.29, 0.717) is 11.6 Å². The first-order valence-corrected chi connectivity index (χ1v) is 12.5. The maximum Gasteiger partial charge on any atom is 0.277 e. The summed E-state index contributed by atoms with van der Waals surface area (Å²) >= 11 is 0.776. The van der Waals surface area contributed by atoms with Crippen LogP contribution in [0.25, 0.3) is 10.6 Å². The Balaban J connectivity index is 1.41. The number of alkyl halides is 1. The summed E-state index contributed by atoms with van der Waals surface area (Å²) in [7, 11) is 0. The number of thiazole rings is 1. The van der Waals surface area contributed by atoms with Gasteiger partial charge in [-0.25, -0.2) is 18.2 Å². The summed E-state index contributed by atoms with van der Waals surface area (Å²) in [6.45, 7) is 1.63. The normalized spacial score (nSPS) is 23.2. The molecule has 190 valence electrons. The SMILES string of the molecule is C[C@@H]1C[C@H](N)C[C@H](c2ccncc2NC(=O)c2nc(-c3c(F)cc(C4(F)COC4)cc3F)sc2N)C1. The van der Waals surface area contributed by atoms with Crippen LogP contribution in [-0.4, -0.2) is 35.1 Å². The lowest BCUT2D eigenvalue weighted by atomic mass is 9.76. The zero-order valence-electron chi connectivity index (χ0n) is 19.6.